The van der Waals surface area contributed by atoms with Crippen molar-refractivity contribution in [3.05, 3.63) is 82.3 Å². The fraction of sp³-hybridized carbons (Fsp3) is 0.273. The number of fused-ring (bicyclic) bond motifs is 3. The van der Waals surface area contributed by atoms with Crippen molar-refractivity contribution in [3.63, 3.8) is 0 Å². The minimum absolute atomic E-state index is 0.0862. The Bertz CT molecular complexity index is 950. The van der Waals surface area contributed by atoms with Gasteiger partial charge in [0.1, 0.15) is 0 Å². The van der Waals surface area contributed by atoms with Crippen LogP contribution in [0.4, 0.5) is 0 Å². The van der Waals surface area contributed by atoms with E-state index in [1.54, 1.807) is 6.08 Å². The molecule has 1 amide bonds. The van der Waals surface area contributed by atoms with Gasteiger partial charge in [-0.2, -0.15) is 0 Å². The normalized spacial score (nSPS) is 14.7. The lowest BCUT2D eigenvalue weighted by atomic mass is 9.97. The number of rotatable bonds is 5. The van der Waals surface area contributed by atoms with Crippen molar-refractivity contribution in [2.75, 3.05) is 6.54 Å². The number of aromatic amines is 1. The van der Waals surface area contributed by atoms with Crippen molar-refractivity contribution in [1.29, 1.82) is 0 Å². The molecule has 1 aromatic carbocycles. The highest BCUT2D eigenvalue weighted by Crippen LogP contribution is 2.24. The minimum Gasteiger partial charge on any atom is -0.337 e. The number of hydrogen-bond donors (Lipinski definition) is 1. The zero-order valence-corrected chi connectivity index (χ0v) is 15.1. The second kappa shape index (κ2) is 8.00. The molecule has 3 rings (SSSR count). The molecule has 26 heavy (non-hydrogen) atoms. The van der Waals surface area contributed by atoms with E-state index in [1.807, 2.05) is 54.3 Å². The molecule has 4 heteroatoms. The minimum atomic E-state index is -0.0862. The molecule has 1 aliphatic heterocycles. The average molecular weight is 348 g/mol. The SMILES string of the molecule is C=C/C(=C\C=C/C)CCC(=O)N1CCc2c([nH]c(=O)c3ccccc23)C1. The molecule has 0 atom stereocenters. The highest BCUT2D eigenvalue weighted by Gasteiger charge is 2.23. The summed E-state index contributed by atoms with van der Waals surface area (Å²) in [5.74, 6) is 0.109. The van der Waals surface area contributed by atoms with Crippen molar-refractivity contribution in [3.8, 4) is 0 Å². The van der Waals surface area contributed by atoms with Gasteiger partial charge in [-0.1, -0.05) is 49.1 Å². The summed E-state index contributed by atoms with van der Waals surface area (Å²) >= 11 is 0. The van der Waals surface area contributed by atoms with Crippen LogP contribution in [0.5, 0.6) is 0 Å². The quantitative estimate of drug-likeness (QED) is 0.834. The lowest BCUT2D eigenvalue weighted by molar-refractivity contribution is -0.132. The predicted molar refractivity (Wildman–Crippen MR) is 106 cm³/mol. The Morgan fingerprint density at radius 2 is 2.04 bits per heavy atom. The number of nitrogens with one attached hydrogen (secondary N) is 1. The Labute approximate surface area is 153 Å². The molecule has 0 aliphatic carbocycles. The molecule has 0 saturated carbocycles. The molecular formula is C22H24N2O2. The summed E-state index contributed by atoms with van der Waals surface area (Å²) in [5, 5.41) is 1.72. The number of allylic oxidation sites excluding steroid dienone is 5. The maximum Gasteiger partial charge on any atom is 0.256 e. The van der Waals surface area contributed by atoms with Crippen LogP contribution in [0.1, 0.15) is 31.0 Å². The number of pyridine rings is 1. The molecule has 1 aromatic heterocycles. The van der Waals surface area contributed by atoms with E-state index in [2.05, 4.69) is 11.6 Å². The molecule has 1 N–H and O–H groups in total. The zero-order chi connectivity index (χ0) is 18.5. The largest absolute Gasteiger partial charge is 0.337 e. The summed E-state index contributed by atoms with van der Waals surface area (Å²) in [6, 6.07) is 7.66. The molecular weight excluding hydrogens is 324 g/mol. The number of carbonyl (C=O) groups excluding carboxylic acids is 1. The van der Waals surface area contributed by atoms with Crippen LogP contribution >= 0.6 is 0 Å². The second-order valence-electron chi connectivity index (χ2n) is 6.49. The molecule has 1 aliphatic rings. The lowest BCUT2D eigenvalue weighted by Gasteiger charge is -2.29. The highest BCUT2D eigenvalue weighted by molar-refractivity contribution is 5.86. The van der Waals surface area contributed by atoms with E-state index in [4.69, 9.17) is 0 Å². The van der Waals surface area contributed by atoms with E-state index >= 15 is 0 Å². The van der Waals surface area contributed by atoms with E-state index < -0.39 is 0 Å². The smallest absolute Gasteiger partial charge is 0.256 e. The topological polar surface area (TPSA) is 53.2 Å². The molecule has 0 fully saturated rings. The fourth-order valence-corrected chi connectivity index (χ4v) is 3.42. The summed E-state index contributed by atoms with van der Waals surface area (Å²) in [6.45, 7) is 6.92. The van der Waals surface area contributed by atoms with E-state index in [0.717, 1.165) is 34.0 Å². The first-order valence-electron chi connectivity index (χ1n) is 8.99. The van der Waals surface area contributed by atoms with Crippen LogP contribution in [-0.2, 0) is 17.8 Å². The van der Waals surface area contributed by atoms with Crippen LogP contribution in [0.25, 0.3) is 10.8 Å². The fourth-order valence-electron chi connectivity index (χ4n) is 3.42. The van der Waals surface area contributed by atoms with Gasteiger partial charge < -0.3 is 9.88 Å². The van der Waals surface area contributed by atoms with Crippen molar-refractivity contribution < 1.29 is 4.79 Å². The van der Waals surface area contributed by atoms with E-state index in [0.29, 0.717) is 25.9 Å². The Kier molecular flexibility index (Phi) is 5.52. The van der Waals surface area contributed by atoms with Gasteiger partial charge in [0.2, 0.25) is 5.91 Å². The van der Waals surface area contributed by atoms with Gasteiger partial charge in [-0.3, -0.25) is 9.59 Å². The Morgan fingerprint density at radius 1 is 1.27 bits per heavy atom. The Hall–Kier alpha value is -2.88. The molecule has 0 unspecified atom stereocenters. The van der Waals surface area contributed by atoms with Gasteiger partial charge in [-0.15, -0.1) is 0 Å². The highest BCUT2D eigenvalue weighted by atomic mass is 16.2. The number of carbonyl (C=O) groups is 1. The standard InChI is InChI=1S/C22H24N2O2/c1-3-5-8-16(4-2)11-12-21(25)24-14-13-18-17-9-6-7-10-19(17)22(26)23-20(18)15-24/h3-10H,2,11-15H2,1H3,(H,23,26)/b5-3-,16-8+. The van der Waals surface area contributed by atoms with Gasteiger partial charge >= 0.3 is 0 Å². The number of hydrogen-bond acceptors (Lipinski definition) is 2. The number of nitrogens with zero attached hydrogens (tertiary/aromatic N) is 1. The predicted octanol–water partition coefficient (Wildman–Crippen LogP) is 3.88. The molecule has 0 spiro atoms. The summed E-state index contributed by atoms with van der Waals surface area (Å²) < 4.78 is 0. The molecule has 2 aromatic rings. The van der Waals surface area contributed by atoms with Gasteiger partial charge in [-0.25, -0.2) is 0 Å². The first-order chi connectivity index (χ1) is 12.6. The number of aromatic nitrogens is 1. The van der Waals surface area contributed by atoms with Crippen LogP contribution in [0.2, 0.25) is 0 Å². The molecule has 0 bridgehead atoms. The number of benzene rings is 1. The van der Waals surface area contributed by atoms with Gasteiger partial charge in [0, 0.05) is 24.0 Å². The van der Waals surface area contributed by atoms with Crippen LogP contribution in [-0.4, -0.2) is 22.3 Å². The van der Waals surface area contributed by atoms with Gasteiger partial charge in [0.25, 0.3) is 5.56 Å². The zero-order valence-electron chi connectivity index (χ0n) is 15.1. The second-order valence-corrected chi connectivity index (χ2v) is 6.49. The maximum atomic E-state index is 12.6. The van der Waals surface area contributed by atoms with Crippen molar-refractivity contribution in [2.45, 2.75) is 32.7 Å². The van der Waals surface area contributed by atoms with E-state index in [1.165, 1.54) is 0 Å². The van der Waals surface area contributed by atoms with E-state index in [9.17, 15) is 9.59 Å². The third-order valence-electron chi connectivity index (χ3n) is 4.85. The van der Waals surface area contributed by atoms with Crippen molar-refractivity contribution in [1.82, 2.24) is 9.88 Å². The Morgan fingerprint density at radius 3 is 2.77 bits per heavy atom. The third-order valence-corrected chi connectivity index (χ3v) is 4.85. The van der Waals surface area contributed by atoms with Crippen LogP contribution < -0.4 is 5.56 Å². The molecule has 0 radical (unpaired) electrons. The monoisotopic (exact) mass is 348 g/mol. The van der Waals surface area contributed by atoms with E-state index in [-0.39, 0.29) is 11.5 Å². The number of amides is 1. The first-order valence-corrected chi connectivity index (χ1v) is 8.99. The van der Waals surface area contributed by atoms with Crippen LogP contribution in [0.15, 0.2) is 65.5 Å². The van der Waals surface area contributed by atoms with Crippen molar-refractivity contribution >= 4 is 16.7 Å². The van der Waals surface area contributed by atoms with Gasteiger partial charge in [0.05, 0.1) is 6.54 Å². The van der Waals surface area contributed by atoms with Gasteiger partial charge in [0.15, 0.2) is 0 Å². The number of H-pyrrole nitrogens is 1. The van der Waals surface area contributed by atoms with Crippen LogP contribution in [0, 0.1) is 0 Å². The summed E-state index contributed by atoms with van der Waals surface area (Å²) in [7, 11) is 0. The molecule has 4 nitrogen and oxygen atoms in total. The first kappa shape index (κ1) is 17.9. The van der Waals surface area contributed by atoms with Gasteiger partial charge in [-0.05, 0) is 42.4 Å². The molecule has 0 saturated heterocycles. The summed E-state index contributed by atoms with van der Waals surface area (Å²) in [5.41, 5.74) is 2.98. The lowest BCUT2D eigenvalue weighted by Crippen LogP contribution is -2.37. The Balaban J connectivity index is 1.75. The molecule has 134 valence electrons. The average Bonchev–Trinajstić information content (AvgIpc) is 2.67. The maximum absolute atomic E-state index is 12.6. The summed E-state index contributed by atoms with van der Waals surface area (Å²) in [6.07, 6.45) is 9.56. The molecule has 2 heterocycles. The van der Waals surface area contributed by atoms with Crippen molar-refractivity contribution in [2.24, 2.45) is 0 Å². The summed E-state index contributed by atoms with van der Waals surface area (Å²) in [4.78, 5) is 29.7. The van der Waals surface area contributed by atoms with Crippen LogP contribution in [0.3, 0.4) is 0 Å². The third kappa shape index (κ3) is 3.69.